The molecule has 0 fully saturated rings. The van der Waals surface area contributed by atoms with Gasteiger partial charge in [0.25, 0.3) is 0 Å². The quantitative estimate of drug-likeness (QED) is 0.869. The van der Waals surface area contributed by atoms with E-state index in [1.165, 1.54) is 5.56 Å². The number of aryl methyl sites for hydroxylation is 1. The van der Waals surface area contributed by atoms with Gasteiger partial charge in [0.1, 0.15) is 0 Å². The van der Waals surface area contributed by atoms with E-state index in [2.05, 4.69) is 15.9 Å². The first-order valence-electron chi connectivity index (χ1n) is 4.61. The second-order valence-electron chi connectivity index (χ2n) is 3.78. The predicted molar refractivity (Wildman–Crippen MR) is 60.2 cm³/mol. The lowest BCUT2D eigenvalue weighted by Crippen LogP contribution is -2.29. The molecule has 0 radical (unpaired) electrons. The van der Waals surface area contributed by atoms with E-state index in [0.29, 0.717) is 6.42 Å². The molecule has 2 nitrogen and oxygen atoms in total. The summed E-state index contributed by atoms with van der Waals surface area (Å²) in [4.78, 5) is 0. The normalized spacial score (nSPS) is 15.1. The molecule has 1 atom stereocenters. The molecule has 0 aliphatic carbocycles. The maximum absolute atomic E-state index is 9.58. The van der Waals surface area contributed by atoms with Crippen LogP contribution < -0.4 is 0 Å². The molecule has 0 amide bonds. The molecular formula is C11H15BrO2. The molecule has 0 saturated carbocycles. The van der Waals surface area contributed by atoms with Crippen LogP contribution in [0, 0.1) is 0 Å². The molecule has 0 heterocycles. The first-order valence-corrected chi connectivity index (χ1v) is 5.40. The Morgan fingerprint density at radius 2 is 1.86 bits per heavy atom. The van der Waals surface area contributed by atoms with Gasteiger partial charge < -0.3 is 10.2 Å². The van der Waals surface area contributed by atoms with Crippen LogP contribution in [0.1, 0.15) is 18.9 Å². The standard InChI is InChI=1S/C11H15BrO2/c1-11(14,8-13)7-6-9-2-4-10(12)5-3-9/h2-5,13-14H,6-8H2,1H3. The van der Waals surface area contributed by atoms with E-state index in [0.717, 1.165) is 10.9 Å². The molecule has 0 bridgehead atoms. The molecule has 2 N–H and O–H groups in total. The average Bonchev–Trinajstić information content (AvgIpc) is 2.17. The van der Waals surface area contributed by atoms with Gasteiger partial charge in [-0.05, 0) is 37.5 Å². The molecule has 14 heavy (non-hydrogen) atoms. The average molecular weight is 259 g/mol. The van der Waals surface area contributed by atoms with Crippen LogP contribution in [-0.2, 0) is 6.42 Å². The van der Waals surface area contributed by atoms with Gasteiger partial charge in [-0.15, -0.1) is 0 Å². The van der Waals surface area contributed by atoms with Crippen molar-refractivity contribution >= 4 is 15.9 Å². The summed E-state index contributed by atoms with van der Waals surface area (Å²) in [6, 6.07) is 7.97. The van der Waals surface area contributed by atoms with Gasteiger partial charge >= 0.3 is 0 Å². The first kappa shape index (κ1) is 11.7. The third-order valence-electron chi connectivity index (χ3n) is 2.21. The lowest BCUT2D eigenvalue weighted by Gasteiger charge is -2.19. The van der Waals surface area contributed by atoms with E-state index in [9.17, 15) is 5.11 Å². The maximum atomic E-state index is 9.58. The van der Waals surface area contributed by atoms with Crippen molar-refractivity contribution in [2.45, 2.75) is 25.4 Å². The van der Waals surface area contributed by atoms with Crippen LogP contribution in [-0.4, -0.2) is 22.4 Å². The number of hydrogen-bond acceptors (Lipinski definition) is 2. The van der Waals surface area contributed by atoms with Crippen LogP contribution in [0.3, 0.4) is 0 Å². The van der Waals surface area contributed by atoms with Crippen molar-refractivity contribution in [2.75, 3.05) is 6.61 Å². The Labute approximate surface area is 92.7 Å². The Kier molecular flexibility index (Phi) is 4.11. The Bertz CT molecular complexity index is 280. The third kappa shape index (κ3) is 3.78. The van der Waals surface area contributed by atoms with Crippen molar-refractivity contribution in [2.24, 2.45) is 0 Å². The summed E-state index contributed by atoms with van der Waals surface area (Å²) < 4.78 is 1.05. The number of rotatable bonds is 4. The molecule has 3 heteroatoms. The van der Waals surface area contributed by atoms with E-state index in [1.807, 2.05) is 24.3 Å². The lowest BCUT2D eigenvalue weighted by atomic mass is 9.98. The van der Waals surface area contributed by atoms with Crippen molar-refractivity contribution in [1.29, 1.82) is 0 Å². The summed E-state index contributed by atoms with van der Waals surface area (Å²) in [5, 5.41) is 18.4. The van der Waals surface area contributed by atoms with Crippen LogP contribution in [0.4, 0.5) is 0 Å². The summed E-state index contributed by atoms with van der Waals surface area (Å²) >= 11 is 3.36. The molecule has 78 valence electrons. The zero-order valence-electron chi connectivity index (χ0n) is 8.20. The number of halogens is 1. The van der Waals surface area contributed by atoms with Crippen molar-refractivity contribution < 1.29 is 10.2 Å². The molecule has 1 aromatic carbocycles. The van der Waals surface area contributed by atoms with Crippen LogP contribution in [0.25, 0.3) is 0 Å². The zero-order chi connectivity index (χ0) is 10.6. The van der Waals surface area contributed by atoms with E-state index < -0.39 is 5.60 Å². The maximum Gasteiger partial charge on any atom is 0.0852 e. The minimum Gasteiger partial charge on any atom is -0.393 e. The lowest BCUT2D eigenvalue weighted by molar-refractivity contribution is -0.00474. The summed E-state index contributed by atoms with van der Waals surface area (Å²) in [6.07, 6.45) is 1.35. The van der Waals surface area contributed by atoms with Gasteiger partial charge in [-0.2, -0.15) is 0 Å². The Balaban J connectivity index is 2.50. The molecule has 0 aliphatic rings. The van der Waals surface area contributed by atoms with Crippen LogP contribution in [0.5, 0.6) is 0 Å². The number of aliphatic hydroxyl groups is 2. The summed E-state index contributed by atoms with van der Waals surface area (Å²) in [7, 11) is 0. The number of benzene rings is 1. The Hall–Kier alpha value is -0.380. The van der Waals surface area contributed by atoms with Gasteiger partial charge in [0, 0.05) is 4.47 Å². The van der Waals surface area contributed by atoms with E-state index in [-0.39, 0.29) is 6.61 Å². The molecule has 0 aromatic heterocycles. The summed E-state index contributed by atoms with van der Waals surface area (Å²) in [6.45, 7) is 1.45. The fourth-order valence-corrected chi connectivity index (χ4v) is 1.41. The molecule has 0 spiro atoms. The second kappa shape index (κ2) is 4.91. The van der Waals surface area contributed by atoms with Crippen molar-refractivity contribution in [3.63, 3.8) is 0 Å². The van der Waals surface area contributed by atoms with Gasteiger partial charge in [0.05, 0.1) is 12.2 Å². The van der Waals surface area contributed by atoms with Gasteiger partial charge in [-0.25, -0.2) is 0 Å². The van der Waals surface area contributed by atoms with Crippen LogP contribution >= 0.6 is 15.9 Å². The monoisotopic (exact) mass is 258 g/mol. The summed E-state index contributed by atoms with van der Waals surface area (Å²) in [5.74, 6) is 0. The second-order valence-corrected chi connectivity index (χ2v) is 4.70. The predicted octanol–water partition coefficient (Wildman–Crippen LogP) is 2.12. The molecule has 1 aromatic rings. The van der Waals surface area contributed by atoms with E-state index >= 15 is 0 Å². The van der Waals surface area contributed by atoms with E-state index in [4.69, 9.17) is 5.11 Å². The van der Waals surface area contributed by atoms with Gasteiger partial charge in [-0.1, -0.05) is 28.1 Å². The van der Waals surface area contributed by atoms with Gasteiger partial charge in [0.2, 0.25) is 0 Å². The third-order valence-corrected chi connectivity index (χ3v) is 2.73. The van der Waals surface area contributed by atoms with Crippen LogP contribution in [0.2, 0.25) is 0 Å². The Morgan fingerprint density at radius 3 is 2.36 bits per heavy atom. The topological polar surface area (TPSA) is 40.5 Å². The highest BCUT2D eigenvalue weighted by Crippen LogP contribution is 2.15. The fourth-order valence-electron chi connectivity index (χ4n) is 1.14. The van der Waals surface area contributed by atoms with Crippen molar-refractivity contribution in [3.05, 3.63) is 34.3 Å². The van der Waals surface area contributed by atoms with Gasteiger partial charge in [0.15, 0.2) is 0 Å². The molecule has 1 unspecified atom stereocenters. The summed E-state index contributed by atoms with van der Waals surface area (Å²) in [5.41, 5.74) is 0.203. The smallest absolute Gasteiger partial charge is 0.0852 e. The Morgan fingerprint density at radius 1 is 1.29 bits per heavy atom. The van der Waals surface area contributed by atoms with Crippen molar-refractivity contribution in [3.8, 4) is 0 Å². The fraction of sp³-hybridized carbons (Fsp3) is 0.455. The molecular weight excluding hydrogens is 244 g/mol. The van der Waals surface area contributed by atoms with Gasteiger partial charge in [-0.3, -0.25) is 0 Å². The molecule has 1 rings (SSSR count). The highest BCUT2D eigenvalue weighted by Gasteiger charge is 2.18. The zero-order valence-corrected chi connectivity index (χ0v) is 9.79. The molecule has 0 saturated heterocycles. The SMILES string of the molecule is CC(O)(CO)CCc1ccc(Br)cc1. The minimum atomic E-state index is -0.965. The van der Waals surface area contributed by atoms with Crippen LogP contribution in [0.15, 0.2) is 28.7 Å². The first-order chi connectivity index (χ1) is 6.53. The molecule has 0 aliphatic heterocycles. The largest absolute Gasteiger partial charge is 0.393 e. The minimum absolute atomic E-state index is 0.191. The van der Waals surface area contributed by atoms with E-state index in [1.54, 1.807) is 6.92 Å². The number of hydrogen-bond donors (Lipinski definition) is 2. The highest BCUT2D eigenvalue weighted by molar-refractivity contribution is 9.10. The number of aliphatic hydroxyl groups excluding tert-OH is 1. The highest BCUT2D eigenvalue weighted by atomic mass is 79.9. The van der Waals surface area contributed by atoms with Crippen molar-refractivity contribution in [1.82, 2.24) is 0 Å².